The lowest BCUT2D eigenvalue weighted by Crippen LogP contribution is -2.41. The van der Waals surface area contributed by atoms with Crippen molar-refractivity contribution in [1.29, 1.82) is 0 Å². The summed E-state index contributed by atoms with van der Waals surface area (Å²) in [5, 5.41) is 0. The van der Waals surface area contributed by atoms with Gasteiger partial charge in [-0.3, -0.25) is 4.79 Å². The predicted molar refractivity (Wildman–Crippen MR) is 154 cm³/mol. The van der Waals surface area contributed by atoms with Crippen molar-refractivity contribution in [2.75, 3.05) is 6.61 Å². The molecule has 6 rings (SSSR count). The zero-order valence-electron chi connectivity index (χ0n) is 23.2. The number of carbonyl (C=O) groups is 1. The highest BCUT2D eigenvalue weighted by Crippen LogP contribution is 2.42. The van der Waals surface area contributed by atoms with Crippen LogP contribution in [0, 0.1) is 0 Å². The van der Waals surface area contributed by atoms with Crippen LogP contribution < -0.4 is 0 Å². The summed E-state index contributed by atoms with van der Waals surface area (Å²) in [6, 6.07) is 39.8. The van der Waals surface area contributed by atoms with Gasteiger partial charge in [0.1, 0.15) is 24.4 Å². The van der Waals surface area contributed by atoms with Crippen molar-refractivity contribution >= 4 is 5.78 Å². The van der Waals surface area contributed by atoms with Crippen LogP contribution in [-0.4, -0.2) is 42.8 Å². The van der Waals surface area contributed by atoms with Gasteiger partial charge in [0, 0.05) is 0 Å². The van der Waals surface area contributed by atoms with Crippen molar-refractivity contribution in [2.24, 2.45) is 0 Å². The van der Waals surface area contributed by atoms with Crippen LogP contribution in [0.4, 0.5) is 0 Å². The number of fused-ring (bicyclic) bond motifs is 1. The Bertz CT molecular complexity index is 1330. The molecule has 6 heteroatoms. The first kappa shape index (κ1) is 27.5. The fraction of sp³-hybridized carbons (Fsp3) is 0.286. The van der Waals surface area contributed by atoms with Crippen LogP contribution in [-0.2, 0) is 40.7 Å². The molecule has 2 heterocycles. The molecule has 41 heavy (non-hydrogen) atoms. The molecule has 0 N–H and O–H groups in total. The molecule has 0 amide bonds. The number of benzene rings is 4. The minimum atomic E-state index is -1.02. The average molecular weight is 551 g/mol. The van der Waals surface area contributed by atoms with E-state index in [1.807, 2.05) is 135 Å². The molecule has 0 aliphatic carbocycles. The van der Waals surface area contributed by atoms with Crippen molar-refractivity contribution < 1.29 is 28.5 Å². The topological polar surface area (TPSA) is 63.2 Å². The summed E-state index contributed by atoms with van der Waals surface area (Å²) in [6.07, 6.45) is -2.80. The Morgan fingerprint density at radius 3 is 1.68 bits per heavy atom. The Morgan fingerprint density at radius 1 is 0.707 bits per heavy atom. The molecule has 2 aliphatic rings. The third-order valence-electron chi connectivity index (χ3n) is 7.56. The van der Waals surface area contributed by atoms with Crippen LogP contribution in [0.25, 0.3) is 0 Å². The van der Waals surface area contributed by atoms with E-state index in [1.165, 1.54) is 0 Å². The van der Waals surface area contributed by atoms with Gasteiger partial charge in [-0.25, -0.2) is 0 Å². The lowest BCUT2D eigenvalue weighted by atomic mass is 9.80. The standard InChI is InChI=1S/C35H34O6/c1-34(2)40-31-30(39-33(32(31)41-34)37-23-25-15-7-3-8-16-25)29(36)24-38-35(26-17-9-4-10-18-26,27-19-11-5-12-20-27)28-21-13-6-14-22-28/h3-22,30-33H,23-24H2,1-2H3/t30-,31?,32-,33+/m0/s1. The summed E-state index contributed by atoms with van der Waals surface area (Å²) >= 11 is 0. The Kier molecular flexibility index (Phi) is 7.84. The number of ether oxygens (including phenoxy) is 5. The molecule has 0 radical (unpaired) electrons. The van der Waals surface area contributed by atoms with E-state index in [-0.39, 0.29) is 12.4 Å². The van der Waals surface area contributed by atoms with Crippen molar-refractivity contribution in [1.82, 2.24) is 0 Å². The third-order valence-corrected chi connectivity index (χ3v) is 7.56. The summed E-state index contributed by atoms with van der Waals surface area (Å²) in [6.45, 7) is 3.79. The number of Topliss-reactive ketones (excluding diaryl/α,β-unsaturated/α-hetero) is 1. The SMILES string of the molecule is CC1(C)OC2[C@H](C(=O)COC(c3ccccc3)(c3ccccc3)c3ccccc3)O[C@@H](OCc3ccccc3)[C@H]2O1. The quantitative estimate of drug-likeness (QED) is 0.225. The summed E-state index contributed by atoms with van der Waals surface area (Å²) < 4.78 is 31.4. The largest absolute Gasteiger partial charge is 0.353 e. The van der Waals surface area contributed by atoms with E-state index in [2.05, 4.69) is 0 Å². The molecule has 0 aromatic heterocycles. The van der Waals surface area contributed by atoms with Gasteiger partial charge in [0.25, 0.3) is 0 Å². The summed E-state index contributed by atoms with van der Waals surface area (Å²) in [5.74, 6) is -1.10. The number of carbonyl (C=O) groups excluding carboxylic acids is 1. The van der Waals surface area contributed by atoms with Gasteiger partial charge < -0.3 is 23.7 Å². The highest BCUT2D eigenvalue weighted by Gasteiger charge is 2.58. The van der Waals surface area contributed by atoms with Crippen molar-refractivity contribution in [3.05, 3.63) is 144 Å². The molecule has 2 fully saturated rings. The van der Waals surface area contributed by atoms with E-state index in [4.69, 9.17) is 23.7 Å². The fourth-order valence-electron chi connectivity index (χ4n) is 5.74. The lowest BCUT2D eigenvalue weighted by molar-refractivity contribution is -0.235. The van der Waals surface area contributed by atoms with E-state index in [9.17, 15) is 4.79 Å². The average Bonchev–Trinajstić information content (AvgIpc) is 3.51. The molecule has 2 aliphatic heterocycles. The Balaban J connectivity index is 1.28. The van der Waals surface area contributed by atoms with E-state index >= 15 is 0 Å². The van der Waals surface area contributed by atoms with E-state index in [1.54, 1.807) is 0 Å². The van der Waals surface area contributed by atoms with Gasteiger partial charge in [-0.05, 0) is 36.1 Å². The lowest BCUT2D eigenvalue weighted by Gasteiger charge is -2.36. The normalized spacial score (nSPS) is 23.3. The highest BCUT2D eigenvalue weighted by atomic mass is 16.8. The minimum absolute atomic E-state index is 0.207. The van der Waals surface area contributed by atoms with Gasteiger partial charge in [0.05, 0.1) is 6.61 Å². The van der Waals surface area contributed by atoms with Gasteiger partial charge in [-0.15, -0.1) is 0 Å². The number of ketones is 1. The monoisotopic (exact) mass is 550 g/mol. The summed E-state index contributed by atoms with van der Waals surface area (Å²) in [4.78, 5) is 13.9. The number of rotatable bonds is 10. The smallest absolute Gasteiger partial charge is 0.190 e. The van der Waals surface area contributed by atoms with Gasteiger partial charge >= 0.3 is 0 Å². The Hall–Kier alpha value is -3.65. The van der Waals surface area contributed by atoms with Crippen LogP contribution in [0.2, 0.25) is 0 Å². The van der Waals surface area contributed by atoms with Gasteiger partial charge in [0.2, 0.25) is 0 Å². The van der Waals surface area contributed by atoms with Crippen LogP contribution in [0.5, 0.6) is 0 Å². The zero-order valence-corrected chi connectivity index (χ0v) is 23.2. The second-order valence-electron chi connectivity index (χ2n) is 10.8. The molecular formula is C35H34O6. The highest BCUT2D eigenvalue weighted by molar-refractivity contribution is 5.85. The second-order valence-corrected chi connectivity index (χ2v) is 10.8. The fourth-order valence-corrected chi connectivity index (χ4v) is 5.74. The molecule has 4 aromatic rings. The van der Waals surface area contributed by atoms with E-state index < -0.39 is 36.0 Å². The molecule has 2 saturated heterocycles. The summed E-state index contributed by atoms with van der Waals surface area (Å²) in [5.41, 5.74) is 2.73. The van der Waals surface area contributed by atoms with Crippen molar-refractivity contribution in [3.63, 3.8) is 0 Å². The van der Waals surface area contributed by atoms with Gasteiger partial charge in [-0.1, -0.05) is 121 Å². The number of hydrogen-bond donors (Lipinski definition) is 0. The molecule has 0 bridgehead atoms. The second kappa shape index (κ2) is 11.7. The third kappa shape index (κ3) is 5.62. The van der Waals surface area contributed by atoms with Gasteiger partial charge in [-0.2, -0.15) is 0 Å². The maximum absolute atomic E-state index is 13.9. The van der Waals surface area contributed by atoms with E-state index in [0.717, 1.165) is 22.3 Å². The minimum Gasteiger partial charge on any atom is -0.353 e. The molecule has 0 saturated carbocycles. The van der Waals surface area contributed by atoms with Crippen LogP contribution in [0.15, 0.2) is 121 Å². The Morgan fingerprint density at radius 2 is 1.17 bits per heavy atom. The van der Waals surface area contributed by atoms with Crippen LogP contribution in [0.1, 0.15) is 36.1 Å². The molecule has 0 spiro atoms. The molecule has 6 nitrogen and oxygen atoms in total. The maximum atomic E-state index is 13.9. The molecule has 210 valence electrons. The zero-order chi connectivity index (χ0) is 28.3. The maximum Gasteiger partial charge on any atom is 0.190 e. The molecular weight excluding hydrogens is 516 g/mol. The first-order valence-corrected chi connectivity index (χ1v) is 14.0. The first-order chi connectivity index (χ1) is 20.0. The molecule has 1 unspecified atom stereocenters. The molecule has 4 atom stereocenters. The Labute approximate surface area is 240 Å². The first-order valence-electron chi connectivity index (χ1n) is 14.0. The van der Waals surface area contributed by atoms with E-state index in [0.29, 0.717) is 6.61 Å². The van der Waals surface area contributed by atoms with Crippen LogP contribution in [0.3, 0.4) is 0 Å². The van der Waals surface area contributed by atoms with Crippen molar-refractivity contribution in [3.8, 4) is 0 Å². The van der Waals surface area contributed by atoms with Crippen LogP contribution >= 0.6 is 0 Å². The van der Waals surface area contributed by atoms with Gasteiger partial charge in [0.15, 0.2) is 24.0 Å². The number of hydrogen-bond acceptors (Lipinski definition) is 6. The van der Waals surface area contributed by atoms with Crippen molar-refractivity contribution in [2.45, 2.75) is 56.4 Å². The molecule has 4 aromatic carbocycles. The predicted octanol–water partition coefficient (Wildman–Crippen LogP) is 6.03. The summed E-state index contributed by atoms with van der Waals surface area (Å²) in [7, 11) is 0.